The van der Waals surface area contributed by atoms with E-state index in [1.807, 2.05) is 0 Å². The summed E-state index contributed by atoms with van der Waals surface area (Å²) in [6, 6.07) is -0.252. The fourth-order valence-electron chi connectivity index (χ4n) is 5.91. The Kier molecular flexibility index (Phi) is 2.45. The lowest BCUT2D eigenvalue weighted by Crippen LogP contribution is -2.71. The molecule has 4 heterocycles. The molecule has 5 aliphatic rings. The number of carbonyl (C=O) groups is 2. The summed E-state index contributed by atoms with van der Waals surface area (Å²) in [6.07, 6.45) is 3.92. The van der Waals surface area contributed by atoms with Gasteiger partial charge in [-0.15, -0.1) is 0 Å². The number of ether oxygens (including phenoxy) is 1. The summed E-state index contributed by atoms with van der Waals surface area (Å²) in [7, 11) is 0. The van der Waals surface area contributed by atoms with E-state index in [0.29, 0.717) is 25.4 Å². The van der Waals surface area contributed by atoms with E-state index in [4.69, 9.17) is 4.74 Å². The minimum absolute atomic E-state index is 0.0468. The Morgan fingerprint density at radius 2 is 2.36 bits per heavy atom. The Morgan fingerprint density at radius 3 is 3.18 bits per heavy atom. The second-order valence-electron chi connectivity index (χ2n) is 7.40. The van der Waals surface area contributed by atoms with Crippen LogP contribution in [0.4, 0.5) is 0 Å². The smallest absolute Gasteiger partial charge is 0.313 e. The van der Waals surface area contributed by atoms with Crippen LogP contribution in [0, 0.1) is 17.3 Å². The number of nitrogens with zero attached hydrogens (tertiary/aromatic N) is 1. The molecular weight excluding hydrogens is 284 g/mol. The van der Waals surface area contributed by atoms with Crippen LogP contribution in [0.15, 0.2) is 11.6 Å². The molecule has 6 nitrogen and oxygen atoms in total. The lowest BCUT2D eigenvalue weighted by Gasteiger charge is -2.57. The van der Waals surface area contributed by atoms with Crippen LogP contribution in [0.2, 0.25) is 0 Å². The number of hydrogen-bond acceptors (Lipinski definition) is 4. The molecular formula is C16H20N2O4. The summed E-state index contributed by atoms with van der Waals surface area (Å²) in [5, 5.41) is 13.1. The van der Waals surface area contributed by atoms with Gasteiger partial charge in [-0.1, -0.05) is 11.6 Å². The largest absolute Gasteiger partial charge is 0.481 e. The van der Waals surface area contributed by atoms with E-state index >= 15 is 0 Å². The molecule has 1 aliphatic carbocycles. The molecule has 0 aromatic heterocycles. The number of aliphatic carboxylic acids is 1. The van der Waals surface area contributed by atoms with Crippen LogP contribution in [0.3, 0.4) is 0 Å². The number of nitrogens with one attached hydrogen (secondary N) is 1. The van der Waals surface area contributed by atoms with Crippen molar-refractivity contribution in [3.8, 4) is 0 Å². The minimum atomic E-state index is -0.839. The zero-order valence-electron chi connectivity index (χ0n) is 12.3. The van der Waals surface area contributed by atoms with E-state index in [1.54, 1.807) is 0 Å². The van der Waals surface area contributed by atoms with Gasteiger partial charge in [-0.05, 0) is 18.8 Å². The van der Waals surface area contributed by atoms with Crippen molar-refractivity contribution < 1.29 is 19.4 Å². The molecule has 1 saturated carbocycles. The number of amides is 1. The third-order valence-electron chi connectivity index (χ3n) is 6.78. The normalized spacial score (nSPS) is 49.2. The number of carbonyl (C=O) groups excluding carboxylic acids is 1. The van der Waals surface area contributed by atoms with Gasteiger partial charge in [-0.2, -0.15) is 0 Å². The molecule has 1 amide bonds. The van der Waals surface area contributed by atoms with Crippen LogP contribution in [-0.2, 0) is 14.3 Å². The number of carboxylic acids is 1. The Morgan fingerprint density at radius 1 is 1.50 bits per heavy atom. The van der Waals surface area contributed by atoms with E-state index in [0.717, 1.165) is 19.5 Å². The first kappa shape index (κ1) is 13.1. The zero-order valence-corrected chi connectivity index (χ0v) is 12.3. The number of hydrogen-bond donors (Lipinski definition) is 2. The fraction of sp³-hybridized carbons (Fsp3) is 0.750. The van der Waals surface area contributed by atoms with E-state index < -0.39 is 11.4 Å². The van der Waals surface area contributed by atoms with Crippen molar-refractivity contribution in [2.75, 3.05) is 19.7 Å². The lowest BCUT2D eigenvalue weighted by atomic mass is 9.54. The van der Waals surface area contributed by atoms with Crippen LogP contribution >= 0.6 is 0 Å². The lowest BCUT2D eigenvalue weighted by molar-refractivity contribution is -0.168. The molecule has 2 N–H and O–H groups in total. The maximum Gasteiger partial charge on any atom is 0.313 e. The van der Waals surface area contributed by atoms with Gasteiger partial charge in [0.05, 0.1) is 25.2 Å². The van der Waals surface area contributed by atoms with Gasteiger partial charge in [0.25, 0.3) is 0 Å². The van der Waals surface area contributed by atoms with Crippen molar-refractivity contribution in [2.45, 2.75) is 37.5 Å². The summed E-state index contributed by atoms with van der Waals surface area (Å²) in [4.78, 5) is 26.7. The van der Waals surface area contributed by atoms with Gasteiger partial charge in [0.1, 0.15) is 5.41 Å². The predicted molar refractivity (Wildman–Crippen MR) is 76.0 cm³/mol. The van der Waals surface area contributed by atoms with Crippen LogP contribution in [0.1, 0.15) is 19.3 Å². The Balaban J connectivity index is 1.70. The molecule has 0 unspecified atom stereocenters. The van der Waals surface area contributed by atoms with Crippen molar-refractivity contribution in [3.05, 3.63) is 11.6 Å². The molecule has 0 aromatic rings. The van der Waals surface area contributed by atoms with Gasteiger partial charge in [0.15, 0.2) is 0 Å². The molecule has 0 spiro atoms. The first-order chi connectivity index (χ1) is 10.6. The summed E-state index contributed by atoms with van der Waals surface area (Å²) >= 11 is 0. The average Bonchev–Trinajstić information content (AvgIpc) is 2.79. The highest BCUT2D eigenvalue weighted by Gasteiger charge is 2.68. The molecule has 4 fully saturated rings. The molecule has 3 saturated heterocycles. The second-order valence-corrected chi connectivity index (χ2v) is 7.40. The monoisotopic (exact) mass is 304 g/mol. The van der Waals surface area contributed by atoms with Gasteiger partial charge in [0, 0.05) is 25.0 Å². The summed E-state index contributed by atoms with van der Waals surface area (Å²) in [5.41, 5.74) is 0.556. The Labute approximate surface area is 128 Å². The maximum atomic E-state index is 12.3. The van der Waals surface area contributed by atoms with Gasteiger partial charge >= 0.3 is 5.97 Å². The van der Waals surface area contributed by atoms with Gasteiger partial charge in [0.2, 0.25) is 5.91 Å². The maximum absolute atomic E-state index is 12.3. The Hall–Kier alpha value is -1.40. The standard InChI is InChI=1S/C16H20N2O4/c19-12-6-10-13-9-5-11-16(15(20)21,14(13)17-12)2-3-18(11)7-8(9)1-4-22-10/h1,9-11,13-14H,2-7H2,(H,17,19)(H,20,21)/t9-,10-,11+,13-,14+,16+/m0/s1. The highest BCUT2D eigenvalue weighted by molar-refractivity contribution is 5.83. The molecule has 0 radical (unpaired) electrons. The average molecular weight is 304 g/mol. The highest BCUT2D eigenvalue weighted by atomic mass is 16.5. The predicted octanol–water partition coefficient (Wildman–Crippen LogP) is -0.00490. The molecule has 5 rings (SSSR count). The van der Waals surface area contributed by atoms with Crippen molar-refractivity contribution in [1.82, 2.24) is 10.2 Å². The first-order valence-corrected chi connectivity index (χ1v) is 8.18. The van der Waals surface area contributed by atoms with E-state index in [-0.39, 0.29) is 30.0 Å². The van der Waals surface area contributed by atoms with Crippen LogP contribution in [0.25, 0.3) is 0 Å². The van der Waals surface area contributed by atoms with Crippen LogP contribution in [-0.4, -0.2) is 59.8 Å². The molecule has 6 heteroatoms. The van der Waals surface area contributed by atoms with Gasteiger partial charge in [-0.25, -0.2) is 0 Å². The van der Waals surface area contributed by atoms with Crippen molar-refractivity contribution >= 4 is 11.9 Å². The van der Waals surface area contributed by atoms with E-state index in [2.05, 4.69) is 16.3 Å². The number of piperidine rings is 2. The third kappa shape index (κ3) is 1.38. The minimum Gasteiger partial charge on any atom is -0.481 e. The molecule has 118 valence electrons. The van der Waals surface area contributed by atoms with Gasteiger partial charge in [-0.3, -0.25) is 14.5 Å². The van der Waals surface area contributed by atoms with Crippen LogP contribution in [0.5, 0.6) is 0 Å². The molecule has 0 aromatic carbocycles. The van der Waals surface area contributed by atoms with E-state index in [1.165, 1.54) is 5.57 Å². The van der Waals surface area contributed by atoms with Crippen molar-refractivity contribution in [3.63, 3.8) is 0 Å². The van der Waals surface area contributed by atoms with Crippen molar-refractivity contribution in [2.24, 2.45) is 17.3 Å². The third-order valence-corrected chi connectivity index (χ3v) is 6.78. The van der Waals surface area contributed by atoms with Crippen molar-refractivity contribution in [1.29, 1.82) is 0 Å². The molecule has 2 bridgehead atoms. The molecule has 22 heavy (non-hydrogen) atoms. The summed E-state index contributed by atoms with van der Waals surface area (Å²) in [5.74, 6) is -0.334. The topological polar surface area (TPSA) is 78.9 Å². The van der Waals surface area contributed by atoms with E-state index in [9.17, 15) is 14.7 Å². The fourth-order valence-corrected chi connectivity index (χ4v) is 5.91. The molecule has 6 atom stereocenters. The summed E-state index contributed by atoms with van der Waals surface area (Å²) in [6.45, 7) is 2.23. The number of fused-ring (bicyclic) bond motifs is 1. The van der Waals surface area contributed by atoms with Crippen LogP contribution < -0.4 is 5.32 Å². The SMILES string of the molecule is O=C1C[C@@H]2OCC=C3CN4CC[C@]5(C(=O)O)[C@H](N1)[C@H]2[C@H]3C[C@@H]45. The number of rotatable bonds is 1. The second kappa shape index (κ2) is 4.11. The molecule has 4 aliphatic heterocycles. The summed E-state index contributed by atoms with van der Waals surface area (Å²) < 4.78 is 5.95. The quantitative estimate of drug-likeness (QED) is 0.667. The first-order valence-electron chi connectivity index (χ1n) is 8.18. The Bertz CT molecular complexity index is 603. The number of carboxylic acid groups (broad SMARTS) is 1. The highest BCUT2D eigenvalue weighted by Crippen LogP contribution is 2.58. The van der Waals surface area contributed by atoms with Gasteiger partial charge < -0.3 is 15.2 Å². The zero-order chi connectivity index (χ0) is 15.1.